The highest BCUT2D eigenvalue weighted by Crippen LogP contribution is 2.37. The van der Waals surface area contributed by atoms with Crippen molar-refractivity contribution in [2.45, 2.75) is 30.4 Å². The van der Waals surface area contributed by atoms with Gasteiger partial charge >= 0.3 is 0 Å². The van der Waals surface area contributed by atoms with E-state index in [4.69, 9.17) is 0 Å². The van der Waals surface area contributed by atoms with Crippen molar-refractivity contribution in [3.8, 4) is 5.69 Å². The van der Waals surface area contributed by atoms with Crippen LogP contribution in [0.25, 0.3) is 5.69 Å². The van der Waals surface area contributed by atoms with Gasteiger partial charge in [0.05, 0.1) is 10.9 Å². The number of hydrogen-bond donors (Lipinski definition) is 1. The molecule has 6 heteroatoms. The molecule has 1 atom stereocenters. The van der Waals surface area contributed by atoms with Crippen LogP contribution < -0.4 is 5.32 Å². The Hall–Kier alpha value is -2.60. The fourth-order valence-electron chi connectivity index (χ4n) is 3.18. The zero-order chi connectivity index (χ0) is 18.3. The summed E-state index contributed by atoms with van der Waals surface area (Å²) >= 11 is 1.55. The van der Waals surface area contributed by atoms with Crippen LogP contribution in [0, 0.1) is 19.7 Å². The van der Waals surface area contributed by atoms with E-state index < -0.39 is 5.82 Å². The van der Waals surface area contributed by atoms with Gasteiger partial charge in [0.1, 0.15) is 5.69 Å². The van der Waals surface area contributed by atoms with Crippen molar-refractivity contribution >= 4 is 23.4 Å². The molecule has 2 heterocycles. The smallest absolute Gasteiger partial charge is 0.238 e. The van der Waals surface area contributed by atoms with Gasteiger partial charge in [0, 0.05) is 16.3 Å². The van der Waals surface area contributed by atoms with Crippen LogP contribution in [-0.2, 0) is 11.2 Å². The zero-order valence-electron chi connectivity index (χ0n) is 14.5. The van der Waals surface area contributed by atoms with E-state index in [-0.39, 0.29) is 11.2 Å². The molecule has 132 valence electrons. The molecule has 0 spiro atoms. The molecule has 1 unspecified atom stereocenters. The first-order chi connectivity index (χ1) is 12.5. The number of aryl methyl sites for hydroxylation is 2. The molecule has 1 N–H and O–H groups in total. The third-order valence-electron chi connectivity index (χ3n) is 4.39. The summed E-state index contributed by atoms with van der Waals surface area (Å²) in [6, 6.07) is 14.6. The molecule has 0 saturated heterocycles. The molecule has 0 aliphatic carbocycles. The van der Waals surface area contributed by atoms with Crippen LogP contribution in [0.15, 0.2) is 53.4 Å². The Kier molecular flexibility index (Phi) is 4.28. The molecule has 26 heavy (non-hydrogen) atoms. The Bertz CT molecular complexity index is 973. The van der Waals surface area contributed by atoms with E-state index in [9.17, 15) is 9.18 Å². The lowest BCUT2D eigenvalue weighted by Crippen LogP contribution is -2.24. The molecular weight excluding hydrogens is 349 g/mol. The second kappa shape index (κ2) is 6.61. The summed E-state index contributed by atoms with van der Waals surface area (Å²) in [6.07, 6.45) is 0.693. The standard InChI is InChI=1S/C20H18FN3OS/c1-12-9-13(2)24(23-12)17-8-7-15(11-16(17)21)22-20(25)19-10-14-5-3-4-6-18(14)26-19/h3-9,11,19H,10H2,1-2H3,(H,22,25). The number of amides is 1. The number of fused-ring (bicyclic) bond motifs is 1. The fourth-order valence-corrected chi connectivity index (χ4v) is 4.38. The molecule has 4 rings (SSSR count). The molecule has 1 aromatic heterocycles. The van der Waals surface area contributed by atoms with E-state index in [0.29, 0.717) is 17.8 Å². The average molecular weight is 367 g/mol. The lowest BCUT2D eigenvalue weighted by Gasteiger charge is -2.12. The highest BCUT2D eigenvalue weighted by molar-refractivity contribution is 8.01. The van der Waals surface area contributed by atoms with Crippen molar-refractivity contribution < 1.29 is 9.18 Å². The summed E-state index contributed by atoms with van der Waals surface area (Å²) in [5.41, 5.74) is 3.70. The van der Waals surface area contributed by atoms with Crippen molar-refractivity contribution in [2.24, 2.45) is 0 Å². The van der Waals surface area contributed by atoms with Gasteiger partial charge in [-0.25, -0.2) is 9.07 Å². The summed E-state index contributed by atoms with van der Waals surface area (Å²) in [5.74, 6) is -0.527. The van der Waals surface area contributed by atoms with E-state index in [1.165, 1.54) is 11.6 Å². The quantitative estimate of drug-likeness (QED) is 0.751. The van der Waals surface area contributed by atoms with Crippen molar-refractivity contribution in [1.82, 2.24) is 9.78 Å². The van der Waals surface area contributed by atoms with Gasteiger partial charge in [-0.1, -0.05) is 18.2 Å². The average Bonchev–Trinajstić information content (AvgIpc) is 3.18. The minimum absolute atomic E-state index is 0.107. The molecule has 1 aliphatic heterocycles. The van der Waals surface area contributed by atoms with Crippen molar-refractivity contribution in [3.63, 3.8) is 0 Å². The second-order valence-electron chi connectivity index (χ2n) is 6.41. The van der Waals surface area contributed by atoms with Crippen LogP contribution in [0.5, 0.6) is 0 Å². The van der Waals surface area contributed by atoms with Gasteiger partial charge < -0.3 is 5.32 Å². The van der Waals surface area contributed by atoms with E-state index >= 15 is 0 Å². The third-order valence-corrected chi connectivity index (χ3v) is 5.71. The number of benzene rings is 2. The zero-order valence-corrected chi connectivity index (χ0v) is 15.3. The predicted octanol–water partition coefficient (Wildman–Crippen LogP) is 4.28. The minimum Gasteiger partial charge on any atom is -0.325 e. The van der Waals surface area contributed by atoms with Gasteiger partial charge in [-0.15, -0.1) is 11.8 Å². The second-order valence-corrected chi connectivity index (χ2v) is 7.66. The number of thioether (sulfide) groups is 1. The number of carbonyl (C=O) groups is 1. The van der Waals surface area contributed by atoms with Gasteiger partial charge in [0.15, 0.2) is 5.82 Å². The van der Waals surface area contributed by atoms with Gasteiger partial charge in [-0.3, -0.25) is 4.79 Å². The molecule has 0 radical (unpaired) electrons. The molecular formula is C20H18FN3OS. The lowest BCUT2D eigenvalue weighted by atomic mass is 10.1. The van der Waals surface area contributed by atoms with E-state index in [1.54, 1.807) is 28.6 Å². The first-order valence-electron chi connectivity index (χ1n) is 8.40. The van der Waals surface area contributed by atoms with Gasteiger partial charge in [-0.05, 0) is 56.2 Å². The number of halogens is 1. The topological polar surface area (TPSA) is 46.9 Å². The largest absolute Gasteiger partial charge is 0.325 e. The fraction of sp³-hybridized carbons (Fsp3) is 0.200. The summed E-state index contributed by atoms with van der Waals surface area (Å²) in [6.45, 7) is 3.75. The number of anilines is 1. The monoisotopic (exact) mass is 367 g/mol. The van der Waals surface area contributed by atoms with Crippen LogP contribution in [0.3, 0.4) is 0 Å². The number of nitrogens with one attached hydrogen (secondary N) is 1. The Morgan fingerprint density at radius 1 is 1.23 bits per heavy atom. The maximum absolute atomic E-state index is 14.6. The molecule has 1 aliphatic rings. The van der Waals surface area contributed by atoms with Crippen molar-refractivity contribution in [3.05, 3.63) is 71.3 Å². The van der Waals surface area contributed by atoms with Crippen LogP contribution in [-0.4, -0.2) is 20.9 Å². The molecule has 0 fully saturated rings. The van der Waals surface area contributed by atoms with Crippen LogP contribution in [0.2, 0.25) is 0 Å². The highest BCUT2D eigenvalue weighted by Gasteiger charge is 2.28. The maximum atomic E-state index is 14.6. The van der Waals surface area contributed by atoms with Crippen LogP contribution >= 0.6 is 11.8 Å². The predicted molar refractivity (Wildman–Crippen MR) is 101 cm³/mol. The number of nitrogens with zero attached hydrogens (tertiary/aromatic N) is 2. The number of aromatic nitrogens is 2. The lowest BCUT2D eigenvalue weighted by molar-refractivity contribution is -0.115. The Labute approximate surface area is 155 Å². The normalized spacial score (nSPS) is 15.7. The minimum atomic E-state index is -0.420. The van der Waals surface area contributed by atoms with Crippen LogP contribution in [0.4, 0.5) is 10.1 Å². The molecule has 0 bridgehead atoms. The number of hydrogen-bond acceptors (Lipinski definition) is 3. The van der Waals surface area contributed by atoms with E-state index in [2.05, 4.69) is 10.4 Å². The first-order valence-corrected chi connectivity index (χ1v) is 9.28. The van der Waals surface area contributed by atoms with E-state index in [1.807, 2.05) is 44.2 Å². The molecule has 2 aromatic carbocycles. The summed E-state index contributed by atoms with van der Waals surface area (Å²) in [5, 5.41) is 6.94. The number of rotatable bonds is 3. The Balaban J connectivity index is 1.50. The summed E-state index contributed by atoms with van der Waals surface area (Å²) in [7, 11) is 0. The summed E-state index contributed by atoms with van der Waals surface area (Å²) in [4.78, 5) is 13.7. The molecule has 0 saturated carbocycles. The first kappa shape index (κ1) is 16.8. The van der Waals surface area contributed by atoms with Crippen molar-refractivity contribution in [1.29, 1.82) is 0 Å². The van der Waals surface area contributed by atoms with Gasteiger partial charge in [0.25, 0.3) is 0 Å². The van der Waals surface area contributed by atoms with Gasteiger partial charge in [-0.2, -0.15) is 5.10 Å². The Morgan fingerprint density at radius 2 is 2.04 bits per heavy atom. The van der Waals surface area contributed by atoms with Gasteiger partial charge in [0.2, 0.25) is 5.91 Å². The van der Waals surface area contributed by atoms with E-state index in [0.717, 1.165) is 16.3 Å². The molecule has 3 aromatic rings. The summed E-state index contributed by atoms with van der Waals surface area (Å²) < 4.78 is 16.1. The van der Waals surface area contributed by atoms with Crippen molar-refractivity contribution in [2.75, 3.05) is 5.32 Å². The number of carbonyl (C=O) groups excluding carboxylic acids is 1. The Morgan fingerprint density at radius 3 is 2.73 bits per heavy atom. The SMILES string of the molecule is Cc1cc(C)n(-c2ccc(NC(=O)C3Cc4ccccc4S3)cc2F)n1. The third kappa shape index (κ3) is 3.12. The molecule has 4 nitrogen and oxygen atoms in total. The molecule has 1 amide bonds. The maximum Gasteiger partial charge on any atom is 0.238 e. The van der Waals surface area contributed by atoms with Crippen LogP contribution in [0.1, 0.15) is 17.0 Å². The highest BCUT2D eigenvalue weighted by atomic mass is 32.2.